The lowest BCUT2D eigenvalue weighted by molar-refractivity contribution is -0.126. The molecule has 0 saturated heterocycles. The Kier molecular flexibility index (Phi) is 4.56. The highest BCUT2D eigenvalue weighted by molar-refractivity contribution is 6.31. The van der Waals surface area contributed by atoms with Crippen molar-refractivity contribution in [2.45, 2.75) is 38.1 Å². The first-order valence-corrected chi connectivity index (χ1v) is 8.60. The molecule has 1 unspecified atom stereocenters. The number of halogens is 1. The quantitative estimate of drug-likeness (QED) is 0.865. The number of carboxylic acids is 1. The van der Waals surface area contributed by atoms with E-state index in [-0.39, 0.29) is 17.5 Å². The fourth-order valence-electron chi connectivity index (χ4n) is 3.31. The van der Waals surface area contributed by atoms with E-state index >= 15 is 0 Å². The van der Waals surface area contributed by atoms with Gasteiger partial charge < -0.3 is 10.4 Å². The van der Waals surface area contributed by atoms with Gasteiger partial charge in [-0.15, -0.1) is 0 Å². The van der Waals surface area contributed by atoms with Crippen molar-refractivity contribution in [3.8, 4) is 0 Å². The van der Waals surface area contributed by atoms with Gasteiger partial charge in [-0.3, -0.25) is 4.79 Å². The minimum absolute atomic E-state index is 0.126. The molecule has 2 aromatic rings. The number of rotatable bonds is 4. The molecule has 0 bridgehead atoms. The third-order valence-corrected chi connectivity index (χ3v) is 5.22. The molecule has 4 nitrogen and oxygen atoms in total. The minimum Gasteiger partial charge on any atom is -0.478 e. The van der Waals surface area contributed by atoms with Gasteiger partial charge >= 0.3 is 5.97 Å². The Bertz CT molecular complexity index is 845. The van der Waals surface area contributed by atoms with Crippen LogP contribution >= 0.6 is 11.6 Å². The van der Waals surface area contributed by atoms with Gasteiger partial charge in [-0.25, -0.2) is 4.79 Å². The molecule has 2 N–H and O–H groups in total. The van der Waals surface area contributed by atoms with E-state index in [4.69, 9.17) is 11.6 Å². The van der Waals surface area contributed by atoms with Gasteiger partial charge in [0.05, 0.1) is 17.0 Å². The van der Waals surface area contributed by atoms with Crippen LogP contribution in [0.3, 0.4) is 0 Å². The molecule has 0 fully saturated rings. The second kappa shape index (κ2) is 6.52. The summed E-state index contributed by atoms with van der Waals surface area (Å²) in [5.41, 5.74) is 2.21. The molecule has 0 heterocycles. The summed E-state index contributed by atoms with van der Waals surface area (Å²) < 4.78 is 0. The zero-order valence-corrected chi connectivity index (χ0v) is 14.9. The van der Waals surface area contributed by atoms with E-state index in [1.165, 1.54) is 0 Å². The molecule has 0 aliphatic heterocycles. The number of carbonyl (C=O) groups is 2. The number of amides is 1. The summed E-state index contributed by atoms with van der Waals surface area (Å²) in [4.78, 5) is 24.1. The van der Waals surface area contributed by atoms with E-state index in [0.717, 1.165) is 29.5 Å². The molecule has 0 radical (unpaired) electrons. The van der Waals surface area contributed by atoms with E-state index in [2.05, 4.69) is 5.32 Å². The first-order chi connectivity index (χ1) is 11.8. The third-order valence-electron chi connectivity index (χ3n) is 4.89. The van der Waals surface area contributed by atoms with Crippen molar-refractivity contribution in [3.05, 3.63) is 69.7 Å². The summed E-state index contributed by atoms with van der Waals surface area (Å²) in [6, 6.07) is 12.3. The molecule has 1 atom stereocenters. The van der Waals surface area contributed by atoms with Gasteiger partial charge in [-0.1, -0.05) is 35.9 Å². The van der Waals surface area contributed by atoms with Crippen molar-refractivity contribution >= 4 is 23.5 Å². The van der Waals surface area contributed by atoms with Crippen molar-refractivity contribution in [1.82, 2.24) is 5.32 Å². The van der Waals surface area contributed by atoms with Crippen LogP contribution in [0.25, 0.3) is 0 Å². The van der Waals surface area contributed by atoms with E-state index in [1.807, 2.05) is 38.1 Å². The molecule has 25 heavy (non-hydrogen) atoms. The van der Waals surface area contributed by atoms with Crippen molar-refractivity contribution in [2.24, 2.45) is 0 Å². The largest absolute Gasteiger partial charge is 0.478 e. The first kappa shape index (κ1) is 17.5. The topological polar surface area (TPSA) is 66.4 Å². The van der Waals surface area contributed by atoms with E-state index in [1.54, 1.807) is 18.2 Å². The van der Waals surface area contributed by atoms with Crippen molar-refractivity contribution in [1.29, 1.82) is 0 Å². The van der Waals surface area contributed by atoms with Gasteiger partial charge in [-0.2, -0.15) is 0 Å². The smallest absolute Gasteiger partial charge is 0.335 e. The third kappa shape index (κ3) is 3.27. The summed E-state index contributed by atoms with van der Waals surface area (Å²) in [6.45, 7) is 3.68. The number of carbonyl (C=O) groups excluding carboxylic acids is 1. The zero-order valence-electron chi connectivity index (χ0n) is 14.2. The maximum atomic E-state index is 12.9. The Balaban J connectivity index is 1.85. The molecule has 5 heteroatoms. The number of carboxylic acid groups (broad SMARTS) is 1. The fraction of sp³-hybridized carbons (Fsp3) is 0.300. The van der Waals surface area contributed by atoms with Crippen molar-refractivity contribution in [3.63, 3.8) is 0 Å². The number of benzene rings is 2. The van der Waals surface area contributed by atoms with E-state index in [9.17, 15) is 14.7 Å². The minimum atomic E-state index is -0.962. The number of hydrogen-bond acceptors (Lipinski definition) is 2. The molecule has 3 rings (SSSR count). The van der Waals surface area contributed by atoms with Crippen LogP contribution in [0, 0.1) is 0 Å². The fourth-order valence-corrected chi connectivity index (χ4v) is 3.69. The number of aromatic carboxylic acids is 1. The highest BCUT2D eigenvalue weighted by Crippen LogP contribution is 2.35. The monoisotopic (exact) mass is 357 g/mol. The number of hydrogen-bond donors (Lipinski definition) is 2. The maximum absolute atomic E-state index is 12.9. The molecule has 2 aromatic carbocycles. The van der Waals surface area contributed by atoms with Crippen LogP contribution in [-0.2, 0) is 16.6 Å². The zero-order chi connectivity index (χ0) is 18.2. The standard InChI is InChI=1S/C20H20ClNO3/c1-20(2,15-5-3-4-6-16(15)21)19(25)22-17-10-9-12-7-8-13(18(23)24)11-14(12)17/h3-8,11,17H,9-10H2,1-2H3,(H,22,25)(H,23,24). The number of fused-ring (bicyclic) bond motifs is 1. The Morgan fingerprint density at radius 2 is 1.92 bits per heavy atom. The summed E-state index contributed by atoms with van der Waals surface area (Å²) >= 11 is 6.26. The molecular formula is C20H20ClNO3. The number of aryl methyl sites for hydroxylation is 1. The Morgan fingerprint density at radius 1 is 1.20 bits per heavy atom. The van der Waals surface area contributed by atoms with Crippen molar-refractivity contribution in [2.75, 3.05) is 0 Å². The maximum Gasteiger partial charge on any atom is 0.335 e. The molecule has 130 valence electrons. The van der Waals surface area contributed by atoms with Gasteiger partial charge in [0.15, 0.2) is 0 Å². The van der Waals surface area contributed by atoms with Gasteiger partial charge in [0, 0.05) is 5.02 Å². The molecule has 0 saturated carbocycles. The predicted molar refractivity (Wildman–Crippen MR) is 97.1 cm³/mol. The van der Waals surface area contributed by atoms with Crippen LogP contribution in [0.2, 0.25) is 5.02 Å². The second-order valence-electron chi connectivity index (χ2n) is 6.89. The summed E-state index contributed by atoms with van der Waals surface area (Å²) in [5.74, 6) is -1.09. The summed E-state index contributed by atoms with van der Waals surface area (Å²) in [7, 11) is 0. The van der Waals surface area contributed by atoms with Crippen LogP contribution in [0.4, 0.5) is 0 Å². The average molecular weight is 358 g/mol. The highest BCUT2D eigenvalue weighted by Gasteiger charge is 2.34. The van der Waals surface area contributed by atoms with Gasteiger partial charge in [0.25, 0.3) is 0 Å². The van der Waals surface area contributed by atoms with Crippen molar-refractivity contribution < 1.29 is 14.7 Å². The van der Waals surface area contributed by atoms with Crippen LogP contribution in [-0.4, -0.2) is 17.0 Å². The molecular weight excluding hydrogens is 338 g/mol. The lowest BCUT2D eigenvalue weighted by Crippen LogP contribution is -2.41. The van der Waals surface area contributed by atoms with Crippen LogP contribution in [0.1, 0.15) is 53.4 Å². The highest BCUT2D eigenvalue weighted by atomic mass is 35.5. The lowest BCUT2D eigenvalue weighted by atomic mass is 9.83. The first-order valence-electron chi connectivity index (χ1n) is 8.23. The molecule has 1 amide bonds. The van der Waals surface area contributed by atoms with Crippen LogP contribution < -0.4 is 5.32 Å². The molecule has 1 aliphatic carbocycles. The van der Waals surface area contributed by atoms with Crippen LogP contribution in [0.15, 0.2) is 42.5 Å². The van der Waals surface area contributed by atoms with Gasteiger partial charge in [-0.05, 0) is 61.6 Å². The summed E-state index contributed by atoms with van der Waals surface area (Å²) in [5, 5.41) is 12.8. The summed E-state index contributed by atoms with van der Waals surface area (Å²) in [6.07, 6.45) is 1.59. The van der Waals surface area contributed by atoms with Crippen LogP contribution in [0.5, 0.6) is 0 Å². The van der Waals surface area contributed by atoms with E-state index < -0.39 is 11.4 Å². The van der Waals surface area contributed by atoms with E-state index in [0.29, 0.717) is 5.02 Å². The van der Waals surface area contributed by atoms with Gasteiger partial charge in [0.2, 0.25) is 5.91 Å². The predicted octanol–water partition coefficient (Wildman–Crippen LogP) is 4.12. The SMILES string of the molecule is CC(C)(C(=O)NC1CCc2ccc(C(=O)O)cc21)c1ccccc1Cl. The molecule has 1 aliphatic rings. The Hall–Kier alpha value is -2.33. The number of nitrogens with one attached hydrogen (secondary N) is 1. The van der Waals surface area contributed by atoms with Gasteiger partial charge in [0.1, 0.15) is 0 Å². The average Bonchev–Trinajstić information content (AvgIpc) is 2.97. The lowest BCUT2D eigenvalue weighted by Gasteiger charge is -2.27. The Labute approximate surface area is 151 Å². The molecule has 0 spiro atoms. The molecule has 0 aromatic heterocycles. The Morgan fingerprint density at radius 3 is 2.60 bits per heavy atom. The second-order valence-corrected chi connectivity index (χ2v) is 7.30. The normalized spacial score (nSPS) is 16.4.